The zero-order valence-electron chi connectivity index (χ0n) is 18.9. The van der Waals surface area contributed by atoms with E-state index in [1.165, 1.54) is 18.3 Å². The SMILES string of the molecule is CC[C@@H](C)Oc1ccc(Cl)cc1C=Nn1c(-c2cccc(C(F)(F)F)c2)nc2ccccc2c1=O. The standard InChI is InChI=1S/C26H21ClF3N3O2/c1-3-16(2)35-23-12-11-20(27)14-18(23)15-31-33-24(17-7-6-8-19(13-17)26(28,29)30)32-22-10-5-4-9-21(22)25(33)34/h4-16H,3H2,1-2H3/t16-/m1/s1. The molecule has 1 atom stereocenters. The van der Waals surface area contributed by atoms with Gasteiger partial charge in [-0.05, 0) is 55.8 Å². The van der Waals surface area contributed by atoms with Gasteiger partial charge in [0.05, 0.1) is 28.8 Å². The van der Waals surface area contributed by atoms with Gasteiger partial charge in [-0.25, -0.2) is 4.98 Å². The van der Waals surface area contributed by atoms with Crippen molar-refractivity contribution in [2.75, 3.05) is 0 Å². The first-order chi connectivity index (χ1) is 16.7. The number of fused-ring (bicyclic) bond motifs is 1. The molecule has 1 heterocycles. The second-order valence-electron chi connectivity index (χ2n) is 7.91. The molecule has 5 nitrogen and oxygen atoms in total. The highest BCUT2D eigenvalue weighted by Crippen LogP contribution is 2.32. The first-order valence-electron chi connectivity index (χ1n) is 10.9. The summed E-state index contributed by atoms with van der Waals surface area (Å²) in [5.41, 5.74) is -0.424. The van der Waals surface area contributed by atoms with E-state index >= 15 is 0 Å². The molecule has 35 heavy (non-hydrogen) atoms. The zero-order valence-corrected chi connectivity index (χ0v) is 19.6. The maximum atomic E-state index is 13.4. The van der Waals surface area contributed by atoms with E-state index in [0.29, 0.717) is 21.9 Å². The van der Waals surface area contributed by atoms with Crippen LogP contribution in [0.15, 0.2) is 76.6 Å². The summed E-state index contributed by atoms with van der Waals surface area (Å²) in [6, 6.07) is 16.2. The molecule has 0 bridgehead atoms. The van der Waals surface area contributed by atoms with Crippen LogP contribution < -0.4 is 10.3 Å². The van der Waals surface area contributed by atoms with E-state index in [9.17, 15) is 18.0 Å². The third-order valence-electron chi connectivity index (χ3n) is 5.39. The van der Waals surface area contributed by atoms with Crippen LogP contribution in [-0.4, -0.2) is 22.0 Å². The minimum Gasteiger partial charge on any atom is -0.490 e. The van der Waals surface area contributed by atoms with Crippen molar-refractivity contribution in [1.82, 2.24) is 9.66 Å². The first kappa shape index (κ1) is 24.5. The van der Waals surface area contributed by atoms with Crippen molar-refractivity contribution in [3.05, 3.63) is 93.2 Å². The first-order valence-corrected chi connectivity index (χ1v) is 11.2. The summed E-state index contributed by atoms with van der Waals surface area (Å²) in [5, 5.41) is 5.04. The van der Waals surface area contributed by atoms with Gasteiger partial charge in [0.25, 0.3) is 5.56 Å². The molecule has 0 spiro atoms. The number of halogens is 4. The number of hydrogen-bond acceptors (Lipinski definition) is 4. The third-order valence-corrected chi connectivity index (χ3v) is 5.62. The van der Waals surface area contributed by atoms with Gasteiger partial charge in [-0.1, -0.05) is 42.8 Å². The van der Waals surface area contributed by atoms with E-state index < -0.39 is 17.3 Å². The highest BCUT2D eigenvalue weighted by Gasteiger charge is 2.31. The number of benzene rings is 3. The molecule has 4 rings (SSSR count). The Hall–Kier alpha value is -3.65. The van der Waals surface area contributed by atoms with Crippen LogP contribution in [-0.2, 0) is 6.18 Å². The smallest absolute Gasteiger partial charge is 0.416 e. The summed E-state index contributed by atoms with van der Waals surface area (Å²) in [7, 11) is 0. The molecule has 3 aromatic carbocycles. The van der Waals surface area contributed by atoms with Crippen LogP contribution in [0, 0.1) is 0 Å². The molecule has 0 saturated carbocycles. The van der Waals surface area contributed by atoms with Gasteiger partial charge in [0.15, 0.2) is 5.82 Å². The number of rotatable bonds is 6. The summed E-state index contributed by atoms with van der Waals surface area (Å²) in [5.74, 6) is 0.484. The van der Waals surface area contributed by atoms with Crippen LogP contribution >= 0.6 is 11.6 Å². The molecule has 0 aliphatic carbocycles. The topological polar surface area (TPSA) is 56.5 Å². The Morgan fingerprint density at radius 2 is 1.89 bits per heavy atom. The number of alkyl halides is 3. The Morgan fingerprint density at radius 1 is 1.11 bits per heavy atom. The van der Waals surface area contributed by atoms with E-state index in [0.717, 1.165) is 23.2 Å². The Labute approximate surface area is 204 Å². The van der Waals surface area contributed by atoms with Gasteiger partial charge < -0.3 is 4.74 Å². The maximum Gasteiger partial charge on any atom is 0.416 e. The van der Waals surface area contributed by atoms with Crippen LogP contribution in [0.5, 0.6) is 5.75 Å². The molecule has 1 aromatic heterocycles. The van der Waals surface area contributed by atoms with Crippen LogP contribution in [0.2, 0.25) is 5.02 Å². The van der Waals surface area contributed by atoms with Gasteiger partial charge in [0, 0.05) is 16.1 Å². The molecule has 0 N–H and O–H groups in total. The highest BCUT2D eigenvalue weighted by atomic mass is 35.5. The molecule has 4 aromatic rings. The molecule has 0 fully saturated rings. The number of nitrogens with zero attached hydrogens (tertiary/aromatic N) is 3. The van der Waals surface area contributed by atoms with Crippen LogP contribution in [0.3, 0.4) is 0 Å². The van der Waals surface area contributed by atoms with Gasteiger partial charge in [-0.2, -0.15) is 22.9 Å². The van der Waals surface area contributed by atoms with Gasteiger partial charge in [0.1, 0.15) is 5.75 Å². The lowest BCUT2D eigenvalue weighted by molar-refractivity contribution is -0.137. The minimum absolute atomic E-state index is 0.0255. The summed E-state index contributed by atoms with van der Waals surface area (Å²) >= 11 is 6.16. The van der Waals surface area contributed by atoms with Gasteiger partial charge >= 0.3 is 6.18 Å². The van der Waals surface area contributed by atoms with E-state index in [2.05, 4.69) is 10.1 Å². The molecule has 0 saturated heterocycles. The fourth-order valence-corrected chi connectivity index (χ4v) is 3.58. The number of ether oxygens (including phenoxy) is 1. The lowest BCUT2D eigenvalue weighted by Gasteiger charge is -2.15. The van der Waals surface area contributed by atoms with Crippen LogP contribution in [0.1, 0.15) is 31.4 Å². The fraction of sp³-hybridized carbons (Fsp3) is 0.192. The van der Waals surface area contributed by atoms with Crippen LogP contribution in [0.4, 0.5) is 13.2 Å². The van der Waals surface area contributed by atoms with Crippen molar-refractivity contribution in [3.8, 4) is 17.1 Å². The third kappa shape index (κ3) is 5.38. The Balaban J connectivity index is 1.91. The van der Waals surface area contributed by atoms with Crippen molar-refractivity contribution in [1.29, 1.82) is 0 Å². The van der Waals surface area contributed by atoms with Crippen molar-refractivity contribution in [2.45, 2.75) is 32.5 Å². The molecule has 0 radical (unpaired) electrons. The molecule has 0 aliphatic heterocycles. The Morgan fingerprint density at radius 3 is 2.63 bits per heavy atom. The zero-order chi connectivity index (χ0) is 25.2. The molecule has 0 amide bonds. The average Bonchev–Trinajstić information content (AvgIpc) is 2.84. The van der Waals surface area contributed by atoms with E-state index in [-0.39, 0.29) is 22.9 Å². The predicted octanol–water partition coefficient (Wildman–Crippen LogP) is 6.80. The molecule has 0 aliphatic rings. The van der Waals surface area contributed by atoms with E-state index in [4.69, 9.17) is 16.3 Å². The van der Waals surface area contributed by atoms with Crippen molar-refractivity contribution < 1.29 is 17.9 Å². The van der Waals surface area contributed by atoms with Crippen molar-refractivity contribution in [2.24, 2.45) is 5.10 Å². The number of para-hydroxylation sites is 1. The maximum absolute atomic E-state index is 13.4. The van der Waals surface area contributed by atoms with E-state index in [1.807, 2.05) is 13.8 Å². The van der Waals surface area contributed by atoms with Gasteiger partial charge in [0.2, 0.25) is 0 Å². The van der Waals surface area contributed by atoms with Crippen LogP contribution in [0.25, 0.3) is 22.3 Å². The summed E-state index contributed by atoms with van der Waals surface area (Å²) < 4.78 is 47.0. The highest BCUT2D eigenvalue weighted by molar-refractivity contribution is 6.30. The normalized spacial score (nSPS) is 12.9. The predicted molar refractivity (Wildman–Crippen MR) is 131 cm³/mol. The quantitative estimate of drug-likeness (QED) is 0.274. The molecule has 180 valence electrons. The second kappa shape index (κ2) is 9.92. The Bertz CT molecular complexity index is 1460. The van der Waals surface area contributed by atoms with Gasteiger partial charge in [-0.3, -0.25) is 4.79 Å². The van der Waals surface area contributed by atoms with Crippen molar-refractivity contribution >= 4 is 28.7 Å². The lowest BCUT2D eigenvalue weighted by atomic mass is 10.1. The molecular formula is C26H21ClF3N3O2. The lowest BCUT2D eigenvalue weighted by Crippen LogP contribution is -2.20. The molecular weight excluding hydrogens is 479 g/mol. The fourth-order valence-electron chi connectivity index (χ4n) is 3.40. The number of hydrogen-bond donors (Lipinski definition) is 0. The minimum atomic E-state index is -4.55. The molecule has 9 heteroatoms. The monoisotopic (exact) mass is 499 g/mol. The van der Waals surface area contributed by atoms with Gasteiger partial charge in [-0.15, -0.1) is 0 Å². The average molecular weight is 500 g/mol. The summed E-state index contributed by atoms with van der Waals surface area (Å²) in [6.45, 7) is 3.90. The Kier molecular flexibility index (Phi) is 6.93. The molecule has 0 unspecified atom stereocenters. The summed E-state index contributed by atoms with van der Waals surface area (Å²) in [6.07, 6.45) is -2.47. The van der Waals surface area contributed by atoms with Crippen molar-refractivity contribution in [3.63, 3.8) is 0 Å². The second-order valence-corrected chi connectivity index (χ2v) is 8.35. The largest absolute Gasteiger partial charge is 0.490 e. The van der Waals surface area contributed by atoms with E-state index in [1.54, 1.807) is 42.5 Å². The number of aromatic nitrogens is 2. The summed E-state index contributed by atoms with van der Waals surface area (Å²) in [4.78, 5) is 17.8.